The van der Waals surface area contributed by atoms with Crippen molar-refractivity contribution in [1.29, 1.82) is 0 Å². The van der Waals surface area contributed by atoms with Crippen molar-refractivity contribution in [3.05, 3.63) is 52.4 Å². The van der Waals surface area contributed by atoms with Gasteiger partial charge in [-0.2, -0.15) is 0 Å². The number of β-amino-alcohol motifs (C(OH)–C–C–N with tert-alkyl or cyclic N) is 1. The number of nitrogens with zero attached hydrogens (tertiary/aromatic N) is 3. The summed E-state index contributed by atoms with van der Waals surface area (Å²) >= 11 is 1.65. The SMILES string of the molecule is Cc1ncsc1-c1ccc2c(c1)CCCC[C@H]2NC(=O)[C@@H]1C[C@@H](O)CN1C(=O)[C@@H](N1C=C(C2CC2)NN1)C(C)(C)C. The van der Waals surface area contributed by atoms with E-state index >= 15 is 0 Å². The number of nitrogens with one attached hydrogen (secondary N) is 3. The van der Waals surface area contributed by atoms with Crippen LogP contribution in [0.1, 0.15) is 82.2 Å². The molecule has 2 aromatic rings. The number of hydrazine groups is 2. The zero-order valence-electron chi connectivity index (χ0n) is 24.4. The van der Waals surface area contributed by atoms with Crippen molar-refractivity contribution in [2.75, 3.05) is 6.54 Å². The molecular formula is C31H42N6O3S. The number of aliphatic hydroxyl groups excluding tert-OH is 1. The van der Waals surface area contributed by atoms with E-state index in [0.29, 0.717) is 5.92 Å². The van der Waals surface area contributed by atoms with Gasteiger partial charge in [-0.1, -0.05) is 39.3 Å². The van der Waals surface area contributed by atoms with Crippen LogP contribution in [0.2, 0.25) is 0 Å². The number of carbonyl (C=O) groups is 2. The fraction of sp³-hybridized carbons (Fsp3) is 0.581. The number of allylic oxidation sites excluding steroid dienone is 1. The first-order chi connectivity index (χ1) is 19.6. The van der Waals surface area contributed by atoms with E-state index in [2.05, 4.69) is 39.5 Å². The molecule has 9 nitrogen and oxygen atoms in total. The predicted octanol–water partition coefficient (Wildman–Crippen LogP) is 3.95. The Balaban J connectivity index is 1.21. The Hall–Kier alpha value is -2.95. The third kappa shape index (κ3) is 5.74. The summed E-state index contributed by atoms with van der Waals surface area (Å²) in [5, 5.41) is 15.8. The molecule has 1 saturated carbocycles. The van der Waals surface area contributed by atoms with E-state index in [0.717, 1.165) is 55.5 Å². The van der Waals surface area contributed by atoms with Gasteiger partial charge in [0.15, 0.2) is 0 Å². The first kappa shape index (κ1) is 28.2. The Morgan fingerprint density at radius 3 is 2.71 bits per heavy atom. The second-order valence-corrected chi connectivity index (χ2v) is 14.0. The van der Waals surface area contributed by atoms with Crippen LogP contribution in [0.3, 0.4) is 0 Å². The van der Waals surface area contributed by atoms with Gasteiger partial charge in [-0.25, -0.2) is 4.98 Å². The van der Waals surface area contributed by atoms with Crippen LogP contribution in [0.15, 0.2) is 35.6 Å². The lowest BCUT2D eigenvalue weighted by Crippen LogP contribution is -2.59. The highest BCUT2D eigenvalue weighted by Crippen LogP contribution is 2.38. The van der Waals surface area contributed by atoms with E-state index in [4.69, 9.17) is 0 Å². The molecule has 220 valence electrons. The van der Waals surface area contributed by atoms with Crippen LogP contribution in [0.4, 0.5) is 0 Å². The molecule has 2 aliphatic carbocycles. The van der Waals surface area contributed by atoms with Crippen LogP contribution in [0, 0.1) is 18.3 Å². The molecule has 0 radical (unpaired) electrons. The Labute approximate surface area is 246 Å². The number of likely N-dealkylation sites (tertiary alicyclic amines) is 1. The minimum absolute atomic E-state index is 0.127. The second-order valence-electron chi connectivity index (χ2n) is 13.2. The van der Waals surface area contributed by atoms with Gasteiger partial charge in [0.1, 0.15) is 12.1 Å². The highest BCUT2D eigenvalue weighted by molar-refractivity contribution is 7.13. The monoisotopic (exact) mass is 578 g/mol. The summed E-state index contributed by atoms with van der Waals surface area (Å²) in [7, 11) is 0. The Morgan fingerprint density at radius 2 is 2.00 bits per heavy atom. The van der Waals surface area contributed by atoms with E-state index in [1.807, 2.05) is 44.4 Å². The third-order valence-corrected chi connectivity index (χ3v) is 9.83. The van der Waals surface area contributed by atoms with Crippen molar-refractivity contribution in [3.8, 4) is 10.4 Å². The Morgan fingerprint density at radius 1 is 1.20 bits per heavy atom. The molecule has 2 amide bonds. The summed E-state index contributed by atoms with van der Waals surface area (Å²) in [6.07, 6.45) is 7.72. The maximum Gasteiger partial charge on any atom is 0.248 e. The molecule has 1 saturated heterocycles. The van der Waals surface area contributed by atoms with Gasteiger partial charge in [-0.15, -0.1) is 16.9 Å². The maximum absolute atomic E-state index is 14.1. The summed E-state index contributed by atoms with van der Waals surface area (Å²) in [6.45, 7) is 8.29. The van der Waals surface area contributed by atoms with Crippen molar-refractivity contribution in [2.24, 2.45) is 11.3 Å². The number of aryl methyl sites for hydroxylation is 2. The van der Waals surface area contributed by atoms with E-state index in [1.165, 1.54) is 16.0 Å². The van der Waals surface area contributed by atoms with Gasteiger partial charge in [-0.05, 0) is 67.2 Å². The van der Waals surface area contributed by atoms with Gasteiger partial charge in [0.25, 0.3) is 0 Å². The van der Waals surface area contributed by atoms with Crippen molar-refractivity contribution < 1.29 is 14.7 Å². The summed E-state index contributed by atoms with van der Waals surface area (Å²) < 4.78 is 0. The zero-order valence-corrected chi connectivity index (χ0v) is 25.3. The molecule has 10 heteroatoms. The molecule has 4 aliphatic rings. The molecule has 0 spiro atoms. The Bertz CT molecular complexity index is 1350. The van der Waals surface area contributed by atoms with E-state index in [1.54, 1.807) is 16.2 Å². The molecular weight excluding hydrogens is 536 g/mol. The minimum atomic E-state index is -0.732. The first-order valence-corrected chi connectivity index (χ1v) is 15.8. The second kappa shape index (κ2) is 11.0. The summed E-state index contributed by atoms with van der Waals surface area (Å²) in [5.74, 6) is 0.173. The van der Waals surface area contributed by atoms with Crippen molar-refractivity contribution in [3.63, 3.8) is 0 Å². The summed E-state index contributed by atoms with van der Waals surface area (Å²) in [6, 6.07) is 5.16. The van der Waals surface area contributed by atoms with Crippen LogP contribution < -0.4 is 16.3 Å². The maximum atomic E-state index is 14.1. The smallest absolute Gasteiger partial charge is 0.248 e. The van der Waals surface area contributed by atoms with Crippen molar-refractivity contribution >= 4 is 23.2 Å². The molecule has 0 unspecified atom stereocenters. The number of hydrogen-bond donors (Lipinski definition) is 4. The van der Waals surface area contributed by atoms with Crippen molar-refractivity contribution in [1.82, 2.24) is 31.2 Å². The van der Waals surface area contributed by atoms with Crippen LogP contribution in [0.25, 0.3) is 10.4 Å². The number of benzene rings is 1. The number of amides is 2. The molecule has 41 heavy (non-hydrogen) atoms. The quantitative estimate of drug-likeness (QED) is 0.384. The first-order valence-electron chi connectivity index (χ1n) is 14.9. The average molecular weight is 579 g/mol. The largest absolute Gasteiger partial charge is 0.391 e. The number of thiazole rings is 1. The molecule has 6 rings (SSSR count). The molecule has 3 heterocycles. The van der Waals surface area contributed by atoms with Crippen LogP contribution in [-0.4, -0.2) is 56.5 Å². The van der Waals surface area contributed by atoms with E-state index in [9.17, 15) is 14.7 Å². The lowest BCUT2D eigenvalue weighted by Gasteiger charge is -2.39. The summed E-state index contributed by atoms with van der Waals surface area (Å²) in [4.78, 5) is 35.2. The van der Waals surface area contributed by atoms with Gasteiger partial charge in [0, 0.05) is 30.8 Å². The van der Waals surface area contributed by atoms with E-state index in [-0.39, 0.29) is 30.8 Å². The number of aliphatic hydroxyl groups is 1. The fourth-order valence-corrected chi connectivity index (χ4v) is 7.38. The van der Waals surface area contributed by atoms with Gasteiger partial charge in [0.05, 0.1) is 28.2 Å². The van der Waals surface area contributed by atoms with Gasteiger partial charge in [-0.3, -0.25) is 14.6 Å². The van der Waals surface area contributed by atoms with Gasteiger partial charge in [0.2, 0.25) is 11.8 Å². The number of aromatic nitrogens is 1. The van der Waals surface area contributed by atoms with E-state index < -0.39 is 23.6 Å². The van der Waals surface area contributed by atoms with Crippen LogP contribution in [0.5, 0.6) is 0 Å². The molecule has 4 atom stereocenters. The molecule has 0 bridgehead atoms. The third-order valence-electron chi connectivity index (χ3n) is 8.85. The molecule has 4 N–H and O–H groups in total. The van der Waals surface area contributed by atoms with Crippen LogP contribution >= 0.6 is 11.3 Å². The molecule has 2 aliphatic heterocycles. The van der Waals surface area contributed by atoms with Crippen molar-refractivity contribution in [2.45, 2.75) is 96.9 Å². The molecule has 1 aromatic heterocycles. The fourth-order valence-electron chi connectivity index (χ4n) is 6.57. The standard InChI is InChI=1S/C31H42N6O3S/c1-18-27(41-17-32-18)21-11-12-23-20(13-21)7-5-6-8-24(23)33-29(39)26-14-22(38)15-36(26)30(40)28(31(2,3)4)37-16-25(34-35-37)19-9-10-19/h11-13,16-17,19,22,24,26,28,34-35,38H,5-10,14-15H2,1-4H3,(H,33,39)/t22-,24-,26+,28-/m1/s1. The molecule has 2 fully saturated rings. The Kier molecular flexibility index (Phi) is 7.59. The van der Waals surface area contributed by atoms with Gasteiger partial charge < -0.3 is 20.7 Å². The number of fused-ring (bicyclic) bond motifs is 1. The topological polar surface area (TPSA) is 110 Å². The predicted molar refractivity (Wildman–Crippen MR) is 159 cm³/mol. The zero-order chi connectivity index (χ0) is 28.9. The number of hydrogen-bond acceptors (Lipinski definition) is 8. The minimum Gasteiger partial charge on any atom is -0.391 e. The summed E-state index contributed by atoms with van der Waals surface area (Å²) in [5.41, 5.74) is 13.6. The highest BCUT2D eigenvalue weighted by Gasteiger charge is 2.47. The highest BCUT2D eigenvalue weighted by atomic mass is 32.1. The van der Waals surface area contributed by atoms with Crippen LogP contribution in [-0.2, 0) is 16.0 Å². The lowest BCUT2D eigenvalue weighted by atomic mass is 9.85. The molecule has 1 aromatic carbocycles. The number of rotatable bonds is 6. The normalized spacial score (nSPS) is 25.3. The average Bonchev–Trinajstić information content (AvgIpc) is 3.37. The lowest BCUT2D eigenvalue weighted by molar-refractivity contribution is -0.146. The number of carbonyl (C=O) groups excluding carboxylic acids is 2. The van der Waals surface area contributed by atoms with Gasteiger partial charge >= 0.3 is 0 Å².